The van der Waals surface area contributed by atoms with Crippen molar-refractivity contribution < 1.29 is 19.7 Å². The van der Waals surface area contributed by atoms with Crippen LogP contribution in [0.4, 0.5) is 0 Å². The molecule has 0 unspecified atom stereocenters. The van der Waals surface area contributed by atoms with E-state index in [9.17, 15) is 0 Å². The molecule has 4 nitrogen and oxygen atoms in total. The molecule has 12 heavy (non-hydrogen) atoms. The lowest BCUT2D eigenvalue weighted by molar-refractivity contribution is -0.0963. The molecule has 0 radical (unpaired) electrons. The predicted molar refractivity (Wildman–Crippen MR) is 44.5 cm³/mol. The lowest BCUT2D eigenvalue weighted by Crippen LogP contribution is -2.11. The standard InChI is InChI=1S/C4H8O2.C4H10O2/c1-2-5-4-6-3-1;1-2-3-4(5)6/h1-4H2;4-6H,2-3H2,1H3. The summed E-state index contributed by atoms with van der Waals surface area (Å²) >= 11 is 0. The van der Waals surface area contributed by atoms with E-state index in [1.165, 1.54) is 0 Å². The minimum atomic E-state index is -1.10. The molecule has 0 aromatic rings. The van der Waals surface area contributed by atoms with Gasteiger partial charge in [0.15, 0.2) is 6.29 Å². The third kappa shape index (κ3) is 9.84. The molecule has 0 saturated carbocycles. The maximum Gasteiger partial charge on any atom is 0.151 e. The summed E-state index contributed by atoms with van der Waals surface area (Å²) in [5.41, 5.74) is 0. The number of rotatable bonds is 2. The summed E-state index contributed by atoms with van der Waals surface area (Å²) in [6, 6.07) is 0. The summed E-state index contributed by atoms with van der Waals surface area (Å²) in [7, 11) is 0. The van der Waals surface area contributed by atoms with Gasteiger partial charge in [0.2, 0.25) is 0 Å². The van der Waals surface area contributed by atoms with Gasteiger partial charge >= 0.3 is 0 Å². The van der Waals surface area contributed by atoms with Crippen molar-refractivity contribution in [3.05, 3.63) is 0 Å². The summed E-state index contributed by atoms with van der Waals surface area (Å²) in [5.74, 6) is 0. The minimum Gasteiger partial charge on any atom is -0.368 e. The Bertz CT molecular complexity index is 69.6. The van der Waals surface area contributed by atoms with E-state index in [4.69, 9.17) is 19.7 Å². The Balaban J connectivity index is 0.000000202. The first-order valence-corrected chi connectivity index (χ1v) is 4.29. The Morgan fingerprint density at radius 3 is 1.92 bits per heavy atom. The number of ether oxygens (including phenoxy) is 2. The molecule has 0 spiro atoms. The second kappa shape index (κ2) is 8.93. The molecule has 0 aliphatic carbocycles. The van der Waals surface area contributed by atoms with Crippen LogP contribution in [0.5, 0.6) is 0 Å². The van der Waals surface area contributed by atoms with Crippen LogP contribution in [0.1, 0.15) is 26.2 Å². The summed E-state index contributed by atoms with van der Waals surface area (Å²) in [6.45, 7) is 4.15. The monoisotopic (exact) mass is 178 g/mol. The SMILES string of the molecule is C1COCOC1.CCCC(O)O. The van der Waals surface area contributed by atoms with Gasteiger partial charge in [0, 0.05) is 0 Å². The highest BCUT2D eigenvalue weighted by Crippen LogP contribution is 1.91. The van der Waals surface area contributed by atoms with Crippen molar-refractivity contribution in [1.82, 2.24) is 0 Å². The summed E-state index contributed by atoms with van der Waals surface area (Å²) in [4.78, 5) is 0. The molecule has 2 N–H and O–H groups in total. The van der Waals surface area contributed by atoms with Crippen LogP contribution in [0.15, 0.2) is 0 Å². The van der Waals surface area contributed by atoms with Gasteiger partial charge in [-0.05, 0) is 12.8 Å². The Kier molecular flexibility index (Phi) is 8.81. The van der Waals surface area contributed by atoms with Crippen LogP contribution < -0.4 is 0 Å². The first-order chi connectivity index (χ1) is 5.77. The molecule has 0 amide bonds. The highest BCUT2D eigenvalue weighted by Gasteiger charge is 1.94. The highest BCUT2D eigenvalue weighted by molar-refractivity contribution is 4.34. The van der Waals surface area contributed by atoms with Crippen molar-refractivity contribution in [1.29, 1.82) is 0 Å². The number of aliphatic hydroxyl groups is 2. The Morgan fingerprint density at radius 1 is 1.25 bits per heavy atom. The smallest absolute Gasteiger partial charge is 0.151 e. The van der Waals surface area contributed by atoms with Crippen molar-refractivity contribution in [2.24, 2.45) is 0 Å². The third-order valence-corrected chi connectivity index (χ3v) is 1.29. The molecule has 1 saturated heterocycles. The lowest BCUT2D eigenvalue weighted by atomic mass is 10.3. The van der Waals surface area contributed by atoms with Gasteiger partial charge in [-0.3, -0.25) is 0 Å². The maximum absolute atomic E-state index is 8.11. The highest BCUT2D eigenvalue weighted by atomic mass is 16.7. The molecule has 0 atom stereocenters. The van der Waals surface area contributed by atoms with Gasteiger partial charge < -0.3 is 19.7 Å². The van der Waals surface area contributed by atoms with E-state index in [1.54, 1.807) is 0 Å². The molecule has 1 aliphatic rings. The van der Waals surface area contributed by atoms with E-state index in [2.05, 4.69) is 0 Å². The third-order valence-electron chi connectivity index (χ3n) is 1.29. The molecule has 0 aromatic carbocycles. The molecule has 0 bridgehead atoms. The van der Waals surface area contributed by atoms with Gasteiger partial charge in [0.25, 0.3) is 0 Å². The number of hydrogen-bond donors (Lipinski definition) is 2. The largest absolute Gasteiger partial charge is 0.368 e. The fourth-order valence-corrected chi connectivity index (χ4v) is 0.698. The summed E-state index contributed by atoms with van der Waals surface area (Å²) in [5, 5.41) is 16.2. The molecule has 74 valence electrons. The number of hydrogen-bond acceptors (Lipinski definition) is 4. The molecule has 1 fully saturated rings. The Morgan fingerprint density at radius 2 is 1.83 bits per heavy atom. The zero-order valence-electron chi connectivity index (χ0n) is 7.53. The van der Waals surface area contributed by atoms with E-state index in [0.29, 0.717) is 13.2 Å². The van der Waals surface area contributed by atoms with Gasteiger partial charge in [0.05, 0.1) is 13.2 Å². The zero-order chi connectivity index (χ0) is 9.23. The van der Waals surface area contributed by atoms with Gasteiger partial charge in [-0.1, -0.05) is 13.3 Å². The average molecular weight is 178 g/mol. The first-order valence-electron chi connectivity index (χ1n) is 4.29. The minimum absolute atomic E-state index is 0.486. The van der Waals surface area contributed by atoms with Crippen molar-refractivity contribution in [2.75, 3.05) is 20.0 Å². The van der Waals surface area contributed by atoms with Crippen LogP contribution in [0.25, 0.3) is 0 Å². The van der Waals surface area contributed by atoms with E-state index in [-0.39, 0.29) is 0 Å². The van der Waals surface area contributed by atoms with E-state index in [1.807, 2.05) is 6.92 Å². The van der Waals surface area contributed by atoms with Crippen LogP contribution in [0.3, 0.4) is 0 Å². The van der Waals surface area contributed by atoms with E-state index < -0.39 is 6.29 Å². The topological polar surface area (TPSA) is 58.9 Å². The van der Waals surface area contributed by atoms with Gasteiger partial charge in [-0.25, -0.2) is 0 Å². The fraction of sp³-hybridized carbons (Fsp3) is 1.00. The predicted octanol–water partition coefficient (Wildman–Crippen LogP) is 0.478. The van der Waals surface area contributed by atoms with E-state index >= 15 is 0 Å². The second-order valence-corrected chi connectivity index (χ2v) is 2.56. The van der Waals surface area contributed by atoms with Crippen molar-refractivity contribution >= 4 is 0 Å². The molecular formula is C8H18O4. The van der Waals surface area contributed by atoms with Crippen LogP contribution >= 0.6 is 0 Å². The Labute approximate surface area is 73.1 Å². The van der Waals surface area contributed by atoms with Crippen LogP contribution in [0, 0.1) is 0 Å². The van der Waals surface area contributed by atoms with Gasteiger partial charge in [0.1, 0.15) is 6.79 Å². The quantitative estimate of drug-likeness (QED) is 0.604. The average Bonchev–Trinajstić information content (AvgIpc) is 2.08. The zero-order valence-corrected chi connectivity index (χ0v) is 7.53. The van der Waals surface area contributed by atoms with E-state index in [0.717, 1.165) is 26.1 Å². The van der Waals surface area contributed by atoms with Crippen molar-refractivity contribution in [3.63, 3.8) is 0 Å². The van der Waals surface area contributed by atoms with Gasteiger partial charge in [-0.2, -0.15) is 0 Å². The Hall–Kier alpha value is -0.160. The van der Waals surface area contributed by atoms with Crippen LogP contribution in [0.2, 0.25) is 0 Å². The molecular weight excluding hydrogens is 160 g/mol. The van der Waals surface area contributed by atoms with Crippen LogP contribution in [-0.4, -0.2) is 36.5 Å². The van der Waals surface area contributed by atoms with Crippen molar-refractivity contribution in [3.8, 4) is 0 Å². The second-order valence-electron chi connectivity index (χ2n) is 2.56. The normalized spacial score (nSPS) is 17.0. The fourth-order valence-electron chi connectivity index (χ4n) is 0.698. The van der Waals surface area contributed by atoms with Crippen LogP contribution in [-0.2, 0) is 9.47 Å². The summed E-state index contributed by atoms with van der Waals surface area (Å²) < 4.78 is 9.69. The molecule has 4 heteroatoms. The molecule has 0 aromatic heterocycles. The molecule has 1 heterocycles. The van der Waals surface area contributed by atoms with Gasteiger partial charge in [-0.15, -0.1) is 0 Å². The number of aliphatic hydroxyl groups excluding tert-OH is 1. The molecule has 1 rings (SSSR count). The maximum atomic E-state index is 8.11. The van der Waals surface area contributed by atoms with Crippen molar-refractivity contribution in [2.45, 2.75) is 32.5 Å². The lowest BCUT2D eigenvalue weighted by Gasteiger charge is -2.09. The summed E-state index contributed by atoms with van der Waals surface area (Å²) in [6.07, 6.45) is 1.27. The molecule has 1 aliphatic heterocycles. The first kappa shape index (κ1) is 11.8.